The molecule has 1 aromatic heterocycles. The molecule has 2 aromatic carbocycles. The second-order valence-electron chi connectivity index (χ2n) is 6.44. The van der Waals surface area contributed by atoms with Gasteiger partial charge >= 0.3 is 0 Å². The lowest BCUT2D eigenvalue weighted by atomic mass is 10.1. The van der Waals surface area contributed by atoms with Gasteiger partial charge < -0.3 is 11.1 Å². The summed E-state index contributed by atoms with van der Waals surface area (Å²) in [6.45, 7) is 2.32. The third-order valence-electron chi connectivity index (χ3n) is 4.32. The van der Waals surface area contributed by atoms with E-state index in [1.807, 2.05) is 37.3 Å². The first-order valence-corrected chi connectivity index (χ1v) is 9.22. The first kappa shape index (κ1) is 19.5. The summed E-state index contributed by atoms with van der Waals surface area (Å²) in [6.07, 6.45) is 0.128. The third kappa shape index (κ3) is 4.52. The quantitative estimate of drug-likeness (QED) is 0.535. The van der Waals surface area contributed by atoms with E-state index in [2.05, 4.69) is 15.5 Å². The van der Waals surface area contributed by atoms with E-state index >= 15 is 0 Å². The predicted octanol–water partition coefficient (Wildman–Crippen LogP) is 2.65. The Morgan fingerprint density at radius 1 is 1.21 bits per heavy atom. The fourth-order valence-electron chi connectivity index (χ4n) is 2.94. The minimum absolute atomic E-state index is 0.128. The molecule has 0 aliphatic carbocycles. The van der Waals surface area contributed by atoms with E-state index in [-0.39, 0.29) is 12.3 Å². The summed E-state index contributed by atoms with van der Waals surface area (Å²) in [7, 11) is 0. The molecule has 0 radical (unpaired) electrons. The molecule has 0 saturated carbocycles. The Morgan fingerprint density at radius 2 is 1.96 bits per heavy atom. The van der Waals surface area contributed by atoms with E-state index in [0.29, 0.717) is 22.7 Å². The Morgan fingerprint density at radius 3 is 2.64 bits per heavy atom. The van der Waals surface area contributed by atoms with Gasteiger partial charge in [-0.25, -0.2) is 0 Å². The molecule has 0 aliphatic heterocycles. The number of nitrogens with one attached hydrogen (secondary N) is 2. The van der Waals surface area contributed by atoms with E-state index in [1.54, 1.807) is 28.8 Å². The van der Waals surface area contributed by atoms with Crippen LogP contribution in [0, 0.1) is 11.7 Å². The van der Waals surface area contributed by atoms with Crippen LogP contribution in [-0.2, 0) is 16.1 Å². The van der Waals surface area contributed by atoms with Crippen LogP contribution in [0.2, 0.25) is 0 Å². The van der Waals surface area contributed by atoms with Gasteiger partial charge in [0, 0.05) is 18.5 Å². The number of primary amides is 1. The molecule has 28 heavy (non-hydrogen) atoms. The van der Waals surface area contributed by atoms with Gasteiger partial charge in [0.15, 0.2) is 10.6 Å². The van der Waals surface area contributed by atoms with Gasteiger partial charge in [0.25, 0.3) is 0 Å². The summed E-state index contributed by atoms with van der Waals surface area (Å²) in [5.74, 6) is -0.248. The van der Waals surface area contributed by atoms with Crippen molar-refractivity contribution in [1.29, 1.82) is 0 Å². The number of hydrogen-bond donors (Lipinski definition) is 3. The molecular weight excluding hydrogens is 374 g/mol. The van der Waals surface area contributed by atoms with Crippen LogP contribution < -0.4 is 11.1 Å². The van der Waals surface area contributed by atoms with Crippen LogP contribution in [0.25, 0.3) is 11.4 Å². The maximum absolute atomic E-state index is 12.4. The van der Waals surface area contributed by atoms with Crippen molar-refractivity contribution in [3.05, 3.63) is 70.5 Å². The molecule has 0 fully saturated rings. The molecule has 3 aromatic rings. The molecule has 0 bridgehead atoms. The van der Waals surface area contributed by atoms with Crippen LogP contribution in [0.4, 0.5) is 0 Å². The molecule has 2 amide bonds. The largest absolute Gasteiger partial charge is 0.368 e. The van der Waals surface area contributed by atoms with Gasteiger partial charge in [-0.2, -0.15) is 5.10 Å². The first-order chi connectivity index (χ1) is 13.5. The SMILES string of the molecule is Cc1cccc(-c2n[nH]c(=S)n2CCC(=O)N[C@@H](C(N)=O)c2ccccc2)c1. The summed E-state index contributed by atoms with van der Waals surface area (Å²) in [6, 6.07) is 15.9. The van der Waals surface area contributed by atoms with Crippen molar-refractivity contribution in [2.45, 2.75) is 25.9 Å². The van der Waals surface area contributed by atoms with Gasteiger partial charge in [0.1, 0.15) is 6.04 Å². The Hall–Kier alpha value is -3.26. The molecule has 1 heterocycles. The van der Waals surface area contributed by atoms with Crippen LogP contribution in [0.15, 0.2) is 54.6 Å². The normalized spacial score (nSPS) is 11.8. The zero-order valence-corrected chi connectivity index (χ0v) is 16.2. The summed E-state index contributed by atoms with van der Waals surface area (Å²) in [5, 5.41) is 9.75. The van der Waals surface area contributed by atoms with Crippen LogP contribution >= 0.6 is 12.2 Å². The molecule has 0 unspecified atom stereocenters. The number of nitrogens with zero attached hydrogens (tertiary/aromatic N) is 2. The first-order valence-electron chi connectivity index (χ1n) is 8.81. The van der Waals surface area contributed by atoms with Gasteiger partial charge in [-0.3, -0.25) is 19.3 Å². The predicted molar refractivity (Wildman–Crippen MR) is 109 cm³/mol. The highest BCUT2D eigenvalue weighted by atomic mass is 32.1. The van der Waals surface area contributed by atoms with Crippen LogP contribution in [0.1, 0.15) is 23.6 Å². The van der Waals surface area contributed by atoms with E-state index in [4.69, 9.17) is 18.0 Å². The second-order valence-corrected chi connectivity index (χ2v) is 6.82. The number of carbonyl (C=O) groups is 2. The summed E-state index contributed by atoms with van der Waals surface area (Å²) >= 11 is 5.30. The fourth-order valence-corrected chi connectivity index (χ4v) is 3.16. The van der Waals surface area contributed by atoms with Gasteiger partial charge in [0.2, 0.25) is 11.8 Å². The number of H-pyrrole nitrogens is 1. The highest BCUT2D eigenvalue weighted by Crippen LogP contribution is 2.19. The zero-order chi connectivity index (χ0) is 20.1. The number of carbonyl (C=O) groups excluding carboxylic acids is 2. The van der Waals surface area contributed by atoms with Crippen molar-refractivity contribution >= 4 is 24.0 Å². The standard InChI is InChI=1S/C20H21N5O2S/c1-13-6-5-9-15(12-13)19-23-24-20(28)25(19)11-10-16(26)22-17(18(21)27)14-7-3-2-4-8-14/h2-9,12,17H,10-11H2,1H3,(H2,21,27)(H,22,26)(H,24,28)/t17-/m1/s1. The number of aromatic nitrogens is 3. The number of nitrogens with two attached hydrogens (primary N) is 1. The van der Waals surface area contributed by atoms with Crippen molar-refractivity contribution in [2.24, 2.45) is 5.73 Å². The maximum Gasteiger partial charge on any atom is 0.244 e. The monoisotopic (exact) mass is 395 g/mol. The molecule has 7 nitrogen and oxygen atoms in total. The van der Waals surface area contributed by atoms with Crippen molar-refractivity contribution in [3.8, 4) is 11.4 Å². The van der Waals surface area contributed by atoms with Gasteiger partial charge in [-0.1, -0.05) is 54.1 Å². The third-order valence-corrected chi connectivity index (χ3v) is 4.63. The van der Waals surface area contributed by atoms with E-state index < -0.39 is 11.9 Å². The lowest BCUT2D eigenvalue weighted by Gasteiger charge is -2.16. The minimum Gasteiger partial charge on any atom is -0.368 e. The molecule has 8 heteroatoms. The van der Waals surface area contributed by atoms with Crippen molar-refractivity contribution < 1.29 is 9.59 Å². The van der Waals surface area contributed by atoms with E-state index in [9.17, 15) is 9.59 Å². The lowest BCUT2D eigenvalue weighted by molar-refractivity contribution is -0.127. The zero-order valence-electron chi connectivity index (χ0n) is 15.4. The Labute approximate surface area is 167 Å². The summed E-state index contributed by atoms with van der Waals surface area (Å²) < 4.78 is 2.20. The number of aromatic amines is 1. The van der Waals surface area contributed by atoms with Crippen molar-refractivity contribution in [3.63, 3.8) is 0 Å². The number of aryl methyl sites for hydroxylation is 1. The fraction of sp³-hybridized carbons (Fsp3) is 0.200. The minimum atomic E-state index is -0.873. The molecule has 3 rings (SSSR count). The molecule has 0 spiro atoms. The van der Waals surface area contributed by atoms with Crippen LogP contribution in [-0.4, -0.2) is 26.6 Å². The highest BCUT2D eigenvalue weighted by Gasteiger charge is 2.20. The van der Waals surface area contributed by atoms with Crippen molar-refractivity contribution in [1.82, 2.24) is 20.1 Å². The number of amides is 2. The van der Waals surface area contributed by atoms with E-state index in [1.165, 1.54) is 0 Å². The van der Waals surface area contributed by atoms with Gasteiger partial charge in [-0.05, 0) is 30.8 Å². The second kappa shape index (κ2) is 8.62. The molecule has 0 saturated heterocycles. The van der Waals surface area contributed by atoms with Gasteiger partial charge in [0.05, 0.1) is 0 Å². The Kier molecular flexibility index (Phi) is 6.00. The molecule has 0 aliphatic rings. The average Bonchev–Trinajstić information content (AvgIpc) is 3.05. The topological polar surface area (TPSA) is 106 Å². The summed E-state index contributed by atoms with van der Waals surface area (Å²) in [4.78, 5) is 24.2. The van der Waals surface area contributed by atoms with Crippen molar-refractivity contribution in [2.75, 3.05) is 0 Å². The molecule has 1 atom stereocenters. The van der Waals surface area contributed by atoms with Crippen LogP contribution in [0.5, 0.6) is 0 Å². The maximum atomic E-state index is 12.4. The number of hydrogen-bond acceptors (Lipinski definition) is 4. The van der Waals surface area contributed by atoms with Crippen LogP contribution in [0.3, 0.4) is 0 Å². The van der Waals surface area contributed by atoms with E-state index in [0.717, 1.165) is 11.1 Å². The van der Waals surface area contributed by atoms with Gasteiger partial charge in [-0.15, -0.1) is 0 Å². The highest BCUT2D eigenvalue weighted by molar-refractivity contribution is 7.71. The molecule has 4 N–H and O–H groups in total. The summed E-state index contributed by atoms with van der Waals surface area (Å²) in [5.41, 5.74) is 8.11. The number of benzene rings is 2. The molecule has 144 valence electrons. The smallest absolute Gasteiger partial charge is 0.244 e. The Bertz CT molecular complexity index is 1040. The molecular formula is C20H21N5O2S. The average molecular weight is 395 g/mol. The Balaban J connectivity index is 1.72. The number of rotatable bonds is 7. The lowest BCUT2D eigenvalue weighted by Crippen LogP contribution is -2.37.